The molecule has 8 nitrogen and oxygen atoms in total. The van der Waals surface area contributed by atoms with E-state index in [1.807, 2.05) is 18.2 Å². The van der Waals surface area contributed by atoms with Crippen LogP contribution in [0.3, 0.4) is 0 Å². The fourth-order valence-corrected chi connectivity index (χ4v) is 3.08. The number of benzene rings is 2. The number of aromatic nitrogens is 2. The van der Waals surface area contributed by atoms with E-state index in [2.05, 4.69) is 9.27 Å². The van der Waals surface area contributed by atoms with Crippen molar-refractivity contribution in [2.45, 2.75) is 12.5 Å². The van der Waals surface area contributed by atoms with E-state index in [1.54, 1.807) is 30.3 Å². The molecule has 1 aromatic heterocycles. The summed E-state index contributed by atoms with van der Waals surface area (Å²) in [5, 5.41) is 0. The SMILES string of the molecule is O=S(=O)(O)On1c(CC2COc3ccccc3O2)nc2ccccc21. The van der Waals surface area contributed by atoms with Gasteiger partial charge in [0.1, 0.15) is 18.2 Å². The molecule has 0 saturated carbocycles. The van der Waals surface area contributed by atoms with Crippen molar-refractivity contribution >= 4 is 21.4 Å². The van der Waals surface area contributed by atoms with Crippen LogP contribution in [0.5, 0.6) is 11.5 Å². The quantitative estimate of drug-likeness (QED) is 0.704. The summed E-state index contributed by atoms with van der Waals surface area (Å²) in [6.07, 6.45) is -0.145. The summed E-state index contributed by atoms with van der Waals surface area (Å²) in [6.45, 7) is 0.284. The molecule has 1 atom stereocenters. The van der Waals surface area contributed by atoms with Crippen LogP contribution in [0, 0.1) is 0 Å². The normalized spacial score (nSPS) is 16.8. The average molecular weight is 362 g/mol. The van der Waals surface area contributed by atoms with Gasteiger partial charge in [0, 0.05) is 6.42 Å². The van der Waals surface area contributed by atoms with Gasteiger partial charge in [0.2, 0.25) is 0 Å². The number of nitrogens with zero attached hydrogens (tertiary/aromatic N) is 2. The van der Waals surface area contributed by atoms with Crippen LogP contribution in [0.4, 0.5) is 0 Å². The van der Waals surface area contributed by atoms with Crippen LogP contribution in [0.25, 0.3) is 11.0 Å². The third-order valence-corrected chi connectivity index (χ3v) is 4.07. The zero-order valence-corrected chi connectivity index (χ0v) is 13.7. The molecule has 0 saturated heterocycles. The Bertz CT molecular complexity index is 1030. The Kier molecular flexibility index (Phi) is 3.74. The minimum Gasteiger partial charge on any atom is -0.486 e. The Balaban J connectivity index is 1.66. The number of fused-ring (bicyclic) bond motifs is 2. The number of para-hydroxylation sites is 4. The van der Waals surface area contributed by atoms with Crippen LogP contribution in [0.2, 0.25) is 0 Å². The molecule has 130 valence electrons. The zero-order chi connectivity index (χ0) is 17.4. The standard InChI is InChI=1S/C16H14N2O6S/c19-25(20,21)24-18-13-6-2-1-5-12(13)17-16(18)9-11-10-22-14-7-3-4-8-15(14)23-11/h1-8,11H,9-10H2,(H,19,20,21). The van der Waals surface area contributed by atoms with Crippen LogP contribution < -0.4 is 13.8 Å². The van der Waals surface area contributed by atoms with Gasteiger partial charge in [-0.1, -0.05) is 24.3 Å². The van der Waals surface area contributed by atoms with Crippen LogP contribution in [-0.4, -0.2) is 35.4 Å². The smallest absolute Gasteiger partial charge is 0.465 e. The zero-order valence-electron chi connectivity index (χ0n) is 12.9. The van der Waals surface area contributed by atoms with Gasteiger partial charge in [-0.25, -0.2) is 4.98 Å². The molecule has 2 heterocycles. The average Bonchev–Trinajstić information content (AvgIpc) is 2.91. The van der Waals surface area contributed by atoms with Crippen LogP contribution in [0.1, 0.15) is 5.82 Å². The van der Waals surface area contributed by atoms with Crippen LogP contribution in [0.15, 0.2) is 48.5 Å². The number of hydrogen-bond acceptors (Lipinski definition) is 6. The Morgan fingerprint density at radius 2 is 1.88 bits per heavy atom. The molecule has 0 spiro atoms. The Hall–Kier alpha value is -2.78. The maximum absolute atomic E-state index is 11.2. The highest BCUT2D eigenvalue weighted by Crippen LogP contribution is 2.31. The summed E-state index contributed by atoms with van der Waals surface area (Å²) in [5.74, 6) is 1.56. The molecule has 0 radical (unpaired) electrons. The van der Waals surface area contributed by atoms with E-state index in [0.717, 1.165) is 4.73 Å². The minimum absolute atomic E-state index is 0.235. The van der Waals surface area contributed by atoms with Gasteiger partial charge in [0.15, 0.2) is 17.3 Å². The summed E-state index contributed by atoms with van der Waals surface area (Å²) in [4.78, 5) is 4.37. The second-order valence-corrected chi connectivity index (χ2v) is 6.52. The molecule has 1 aliphatic rings. The van der Waals surface area contributed by atoms with E-state index in [4.69, 9.17) is 14.0 Å². The first-order valence-corrected chi connectivity index (χ1v) is 8.88. The number of hydrogen-bond donors (Lipinski definition) is 1. The number of imidazole rings is 1. The first-order chi connectivity index (χ1) is 12.0. The summed E-state index contributed by atoms with van der Waals surface area (Å²) >= 11 is 0. The number of rotatable bonds is 4. The van der Waals surface area contributed by atoms with E-state index >= 15 is 0 Å². The Labute approximate surface area is 143 Å². The molecule has 3 aromatic rings. The molecule has 25 heavy (non-hydrogen) atoms. The fraction of sp³-hybridized carbons (Fsp3) is 0.188. The van der Waals surface area contributed by atoms with Crippen molar-refractivity contribution in [1.82, 2.24) is 9.71 Å². The molecule has 2 aromatic carbocycles. The lowest BCUT2D eigenvalue weighted by molar-refractivity contribution is 0.0865. The first-order valence-electron chi connectivity index (χ1n) is 7.52. The fourth-order valence-electron chi connectivity index (χ4n) is 2.73. The Morgan fingerprint density at radius 1 is 1.16 bits per heavy atom. The van der Waals surface area contributed by atoms with Crippen molar-refractivity contribution in [2.24, 2.45) is 0 Å². The maximum atomic E-state index is 11.2. The summed E-state index contributed by atoms with van der Waals surface area (Å²) in [7, 11) is -4.70. The lowest BCUT2D eigenvalue weighted by atomic mass is 10.2. The minimum atomic E-state index is -4.70. The molecular weight excluding hydrogens is 348 g/mol. The van der Waals surface area contributed by atoms with E-state index in [0.29, 0.717) is 28.4 Å². The molecule has 9 heteroatoms. The summed E-state index contributed by atoms with van der Waals surface area (Å²) < 4.78 is 48.6. The Morgan fingerprint density at radius 3 is 2.68 bits per heavy atom. The summed E-state index contributed by atoms with van der Waals surface area (Å²) in [5.41, 5.74) is 0.963. The molecule has 1 aliphatic heterocycles. The van der Waals surface area contributed by atoms with E-state index in [-0.39, 0.29) is 19.1 Å². The molecular formula is C16H14N2O6S. The van der Waals surface area contributed by atoms with Crippen molar-refractivity contribution in [3.63, 3.8) is 0 Å². The molecule has 1 unspecified atom stereocenters. The molecule has 0 amide bonds. The first kappa shape index (κ1) is 15.7. The van der Waals surface area contributed by atoms with Crippen LogP contribution in [-0.2, 0) is 16.8 Å². The highest BCUT2D eigenvalue weighted by atomic mass is 32.3. The van der Waals surface area contributed by atoms with E-state index in [9.17, 15) is 8.42 Å². The highest BCUT2D eigenvalue weighted by molar-refractivity contribution is 7.81. The summed E-state index contributed by atoms with van der Waals surface area (Å²) in [6, 6.07) is 14.1. The van der Waals surface area contributed by atoms with Crippen LogP contribution >= 0.6 is 0 Å². The van der Waals surface area contributed by atoms with Crippen molar-refractivity contribution < 1.29 is 26.7 Å². The van der Waals surface area contributed by atoms with Gasteiger partial charge < -0.3 is 9.47 Å². The van der Waals surface area contributed by atoms with E-state index in [1.165, 1.54) is 0 Å². The molecule has 4 rings (SSSR count). The second-order valence-electron chi connectivity index (χ2n) is 5.52. The van der Waals surface area contributed by atoms with Crippen molar-refractivity contribution in [3.05, 3.63) is 54.4 Å². The molecule has 0 bridgehead atoms. The third kappa shape index (κ3) is 3.24. The highest BCUT2D eigenvalue weighted by Gasteiger charge is 2.25. The molecule has 1 N–H and O–H groups in total. The van der Waals surface area contributed by atoms with Gasteiger partial charge in [-0.2, -0.15) is 8.42 Å². The van der Waals surface area contributed by atoms with Gasteiger partial charge in [0.05, 0.1) is 5.52 Å². The van der Waals surface area contributed by atoms with Crippen molar-refractivity contribution in [1.29, 1.82) is 0 Å². The van der Waals surface area contributed by atoms with Gasteiger partial charge in [0.25, 0.3) is 0 Å². The number of ether oxygens (including phenoxy) is 2. The molecule has 0 aliphatic carbocycles. The van der Waals surface area contributed by atoms with E-state index < -0.39 is 10.4 Å². The lowest BCUT2D eigenvalue weighted by Crippen LogP contribution is -2.33. The van der Waals surface area contributed by atoms with Gasteiger partial charge >= 0.3 is 10.4 Å². The second kappa shape index (κ2) is 5.94. The largest absolute Gasteiger partial charge is 0.486 e. The predicted molar refractivity (Wildman–Crippen MR) is 87.9 cm³/mol. The topological polar surface area (TPSA) is 99.9 Å². The predicted octanol–water partition coefficient (Wildman–Crippen LogP) is 1.65. The monoisotopic (exact) mass is 362 g/mol. The third-order valence-electron chi connectivity index (χ3n) is 3.73. The van der Waals surface area contributed by atoms with Gasteiger partial charge in [-0.15, -0.1) is 4.73 Å². The molecule has 0 fully saturated rings. The van der Waals surface area contributed by atoms with Gasteiger partial charge in [-0.05, 0) is 24.3 Å². The van der Waals surface area contributed by atoms with Crippen molar-refractivity contribution in [2.75, 3.05) is 6.61 Å². The lowest BCUT2D eigenvalue weighted by Gasteiger charge is -2.26. The maximum Gasteiger partial charge on any atom is 0.465 e. The van der Waals surface area contributed by atoms with Gasteiger partial charge in [-0.3, -0.25) is 8.84 Å². The van der Waals surface area contributed by atoms with Crippen molar-refractivity contribution in [3.8, 4) is 11.5 Å².